The molecule has 1 aromatic heterocycles. The summed E-state index contributed by atoms with van der Waals surface area (Å²) < 4.78 is 58.2. The summed E-state index contributed by atoms with van der Waals surface area (Å²) in [5.74, 6) is -0.567. The second-order valence-electron chi connectivity index (χ2n) is 6.96. The highest BCUT2D eigenvalue weighted by molar-refractivity contribution is 5.91. The van der Waals surface area contributed by atoms with E-state index in [1.807, 2.05) is 0 Å². The molecule has 164 valence electrons. The number of rotatable bonds is 8. The first-order valence-corrected chi connectivity index (χ1v) is 9.60. The number of alkyl halides is 3. The number of nitrogens with one attached hydrogen (secondary N) is 1. The summed E-state index contributed by atoms with van der Waals surface area (Å²) in [4.78, 5) is 17.8. The monoisotopic (exact) mass is 435 g/mol. The van der Waals surface area contributed by atoms with E-state index in [9.17, 15) is 22.4 Å². The number of nitrogens with zero attached hydrogens (tertiary/aromatic N) is 2. The molecular weight excluding hydrogens is 414 g/mol. The summed E-state index contributed by atoms with van der Waals surface area (Å²) in [6.45, 7) is 2.70. The molecule has 1 N–H and O–H groups in total. The lowest BCUT2D eigenvalue weighted by Gasteiger charge is -2.21. The van der Waals surface area contributed by atoms with E-state index in [0.717, 1.165) is 12.1 Å². The molecule has 9 heteroatoms. The predicted octanol–water partition coefficient (Wildman–Crippen LogP) is 4.78. The molecule has 0 atom stereocenters. The summed E-state index contributed by atoms with van der Waals surface area (Å²) in [5.41, 5.74) is 0.441. The van der Waals surface area contributed by atoms with Crippen LogP contribution in [0.2, 0.25) is 0 Å². The minimum absolute atomic E-state index is 0.113. The summed E-state index contributed by atoms with van der Waals surface area (Å²) in [5, 5.41) is 2.61. The zero-order chi connectivity index (χ0) is 22.4. The van der Waals surface area contributed by atoms with Crippen LogP contribution in [-0.2, 0) is 25.8 Å². The summed E-state index contributed by atoms with van der Waals surface area (Å²) in [6, 6.07) is 11.0. The van der Waals surface area contributed by atoms with Crippen LogP contribution in [-0.4, -0.2) is 22.3 Å². The Labute approximate surface area is 176 Å². The van der Waals surface area contributed by atoms with Crippen LogP contribution >= 0.6 is 0 Å². The molecule has 1 heterocycles. The Bertz CT molecular complexity index is 1030. The summed E-state index contributed by atoms with van der Waals surface area (Å²) in [6.07, 6.45) is -3.22. The number of oxazole rings is 1. The number of halogens is 4. The standard InChI is InChI=1S/C22H21F4N3O2/c1-2-27-21(30)19-14-31-20(28-19)13-29(12-16-6-4-8-18(23)10-16)11-15-5-3-7-17(9-15)22(24,25)26/h3-10,14H,2,11-13H2,1H3,(H,27,30). The Morgan fingerprint density at radius 1 is 1.06 bits per heavy atom. The molecule has 31 heavy (non-hydrogen) atoms. The highest BCUT2D eigenvalue weighted by Gasteiger charge is 2.30. The number of hydrogen-bond donors (Lipinski definition) is 1. The number of aromatic nitrogens is 1. The van der Waals surface area contributed by atoms with Gasteiger partial charge in [0.2, 0.25) is 5.89 Å². The molecule has 5 nitrogen and oxygen atoms in total. The van der Waals surface area contributed by atoms with Crippen molar-refractivity contribution >= 4 is 5.91 Å². The zero-order valence-corrected chi connectivity index (χ0v) is 16.7. The van der Waals surface area contributed by atoms with E-state index in [4.69, 9.17) is 4.42 Å². The largest absolute Gasteiger partial charge is 0.447 e. The highest BCUT2D eigenvalue weighted by atomic mass is 19.4. The van der Waals surface area contributed by atoms with Gasteiger partial charge >= 0.3 is 6.18 Å². The van der Waals surface area contributed by atoms with E-state index in [-0.39, 0.29) is 37.1 Å². The molecule has 0 spiro atoms. The maximum Gasteiger partial charge on any atom is 0.416 e. The topological polar surface area (TPSA) is 58.4 Å². The first-order valence-electron chi connectivity index (χ1n) is 9.60. The van der Waals surface area contributed by atoms with Crippen molar-refractivity contribution in [3.63, 3.8) is 0 Å². The molecule has 2 aromatic carbocycles. The van der Waals surface area contributed by atoms with Gasteiger partial charge in [0.15, 0.2) is 5.69 Å². The van der Waals surface area contributed by atoms with Gasteiger partial charge in [0.1, 0.15) is 12.1 Å². The molecule has 0 saturated heterocycles. The number of amides is 1. The van der Waals surface area contributed by atoms with E-state index >= 15 is 0 Å². The van der Waals surface area contributed by atoms with Crippen molar-refractivity contribution in [2.75, 3.05) is 6.54 Å². The maximum absolute atomic E-state index is 13.6. The molecule has 0 unspecified atom stereocenters. The normalized spacial score (nSPS) is 11.7. The van der Waals surface area contributed by atoms with Crippen LogP contribution in [0.25, 0.3) is 0 Å². The molecule has 0 aliphatic carbocycles. The lowest BCUT2D eigenvalue weighted by atomic mass is 10.1. The Balaban J connectivity index is 1.82. The first-order chi connectivity index (χ1) is 14.7. The second kappa shape index (κ2) is 9.74. The third kappa shape index (κ3) is 6.39. The van der Waals surface area contributed by atoms with Gasteiger partial charge in [-0.1, -0.05) is 30.3 Å². The molecule has 0 aliphatic heterocycles. The second-order valence-corrected chi connectivity index (χ2v) is 6.96. The van der Waals surface area contributed by atoms with Gasteiger partial charge in [0.05, 0.1) is 12.1 Å². The Hall–Kier alpha value is -3.20. The van der Waals surface area contributed by atoms with Crippen molar-refractivity contribution in [1.82, 2.24) is 15.2 Å². The number of carbonyl (C=O) groups excluding carboxylic acids is 1. The van der Waals surface area contributed by atoms with Crippen LogP contribution < -0.4 is 5.32 Å². The Morgan fingerprint density at radius 2 is 1.74 bits per heavy atom. The highest BCUT2D eigenvalue weighted by Crippen LogP contribution is 2.30. The molecule has 0 bridgehead atoms. The number of carbonyl (C=O) groups is 1. The minimum Gasteiger partial charge on any atom is -0.447 e. The fraction of sp³-hybridized carbons (Fsp3) is 0.273. The van der Waals surface area contributed by atoms with Crippen molar-refractivity contribution in [3.05, 3.63) is 88.9 Å². The fourth-order valence-electron chi connectivity index (χ4n) is 3.10. The van der Waals surface area contributed by atoms with Crippen molar-refractivity contribution < 1.29 is 26.8 Å². The third-order valence-electron chi connectivity index (χ3n) is 4.44. The molecule has 3 rings (SSSR count). The lowest BCUT2D eigenvalue weighted by Crippen LogP contribution is -2.24. The molecule has 0 saturated carbocycles. The van der Waals surface area contributed by atoms with E-state index in [2.05, 4.69) is 10.3 Å². The van der Waals surface area contributed by atoms with Gasteiger partial charge in [-0.15, -0.1) is 0 Å². The van der Waals surface area contributed by atoms with Gasteiger partial charge in [0, 0.05) is 19.6 Å². The average Bonchev–Trinajstić information content (AvgIpc) is 3.16. The van der Waals surface area contributed by atoms with E-state index < -0.39 is 17.6 Å². The smallest absolute Gasteiger partial charge is 0.416 e. The van der Waals surface area contributed by atoms with Crippen LogP contribution in [0.3, 0.4) is 0 Å². The summed E-state index contributed by atoms with van der Waals surface area (Å²) in [7, 11) is 0. The first kappa shape index (κ1) is 22.5. The molecule has 3 aromatic rings. The van der Waals surface area contributed by atoms with Crippen molar-refractivity contribution in [1.29, 1.82) is 0 Å². The quantitative estimate of drug-likeness (QED) is 0.517. The molecule has 0 fully saturated rings. The van der Waals surface area contributed by atoms with Crippen molar-refractivity contribution in [3.8, 4) is 0 Å². The predicted molar refractivity (Wildman–Crippen MR) is 105 cm³/mol. The van der Waals surface area contributed by atoms with Crippen molar-refractivity contribution in [2.45, 2.75) is 32.7 Å². The molecule has 1 amide bonds. The SMILES string of the molecule is CCNC(=O)c1coc(CN(Cc2cccc(F)c2)Cc2cccc(C(F)(F)F)c2)n1. The maximum atomic E-state index is 13.6. The Kier molecular flexibility index (Phi) is 7.06. The Morgan fingerprint density at radius 3 is 2.39 bits per heavy atom. The number of benzene rings is 2. The average molecular weight is 435 g/mol. The fourth-order valence-corrected chi connectivity index (χ4v) is 3.10. The van der Waals surface area contributed by atoms with Crippen LogP contribution in [0.5, 0.6) is 0 Å². The number of hydrogen-bond acceptors (Lipinski definition) is 4. The van der Waals surface area contributed by atoms with Gasteiger partial charge in [-0.05, 0) is 36.2 Å². The van der Waals surface area contributed by atoms with Gasteiger partial charge in [0.25, 0.3) is 5.91 Å². The van der Waals surface area contributed by atoms with E-state index in [0.29, 0.717) is 17.7 Å². The van der Waals surface area contributed by atoms with Gasteiger partial charge < -0.3 is 9.73 Å². The van der Waals surface area contributed by atoms with Crippen LogP contribution in [0, 0.1) is 5.82 Å². The zero-order valence-electron chi connectivity index (χ0n) is 16.7. The minimum atomic E-state index is -4.45. The van der Waals surface area contributed by atoms with Crippen LogP contribution in [0.15, 0.2) is 59.2 Å². The van der Waals surface area contributed by atoms with Gasteiger partial charge in [-0.25, -0.2) is 9.37 Å². The lowest BCUT2D eigenvalue weighted by molar-refractivity contribution is -0.137. The molecule has 0 aliphatic rings. The van der Waals surface area contributed by atoms with E-state index in [1.54, 1.807) is 30.0 Å². The van der Waals surface area contributed by atoms with Gasteiger partial charge in [-0.2, -0.15) is 13.2 Å². The van der Waals surface area contributed by atoms with E-state index in [1.165, 1.54) is 24.5 Å². The van der Waals surface area contributed by atoms with Crippen molar-refractivity contribution in [2.24, 2.45) is 0 Å². The van der Waals surface area contributed by atoms with Gasteiger partial charge in [-0.3, -0.25) is 9.69 Å². The molecule has 0 radical (unpaired) electrons. The van der Waals surface area contributed by atoms with Crippen LogP contribution in [0.4, 0.5) is 17.6 Å². The van der Waals surface area contributed by atoms with Crippen LogP contribution in [0.1, 0.15) is 40.0 Å². The molecular formula is C22H21F4N3O2. The summed E-state index contributed by atoms with van der Waals surface area (Å²) >= 11 is 0. The third-order valence-corrected chi connectivity index (χ3v) is 4.44.